The first kappa shape index (κ1) is 27.5. The summed E-state index contributed by atoms with van der Waals surface area (Å²) in [5.41, 5.74) is 0. The summed E-state index contributed by atoms with van der Waals surface area (Å²) in [6, 6.07) is 0. The van der Waals surface area contributed by atoms with Crippen LogP contribution >= 0.6 is 0 Å². The molecule has 0 aromatic rings. The Morgan fingerprint density at radius 2 is 0.926 bits per heavy atom. The van der Waals surface area contributed by atoms with Gasteiger partial charge in [0, 0.05) is 0 Å². The maximum atomic E-state index is 13.6. The summed E-state index contributed by atoms with van der Waals surface area (Å²) >= 11 is 0. The second-order valence-corrected chi connectivity index (χ2v) is 4.62. The summed E-state index contributed by atoms with van der Waals surface area (Å²) in [6.07, 6.45) is -29.2. The molecule has 0 radical (unpaired) electrons. The van der Waals surface area contributed by atoms with Gasteiger partial charge in [0.25, 0.3) is 0 Å². The van der Waals surface area contributed by atoms with E-state index < -0.39 is 48.1 Å². The zero-order valence-electron chi connectivity index (χ0n) is 10.9. The summed E-state index contributed by atoms with van der Waals surface area (Å²) in [4.78, 5) is 0. The Balaban J connectivity index is 0.00000676. The van der Waals surface area contributed by atoms with Crippen molar-refractivity contribution in [2.45, 2.75) is 48.1 Å². The SMILES string of the molecule is OC(F)(F)C1(C(F)(F)C(F)(F)F)OC(F)(F)C(F)(C(F)(F)C(F)(F)F)O1.[KH]. The van der Waals surface area contributed by atoms with Crippen LogP contribution in [0.1, 0.15) is 0 Å². The van der Waals surface area contributed by atoms with E-state index in [0.717, 1.165) is 0 Å². The molecular formula is C8H2F15KO3. The minimum absolute atomic E-state index is 0. The number of hydrogen-bond donors (Lipinski definition) is 1. The molecule has 1 N–H and O–H groups in total. The van der Waals surface area contributed by atoms with Gasteiger partial charge in [-0.25, -0.2) is 0 Å². The number of ether oxygens (including phenoxy) is 2. The molecule has 1 aliphatic heterocycles. The Morgan fingerprint density at radius 3 is 1.19 bits per heavy atom. The molecule has 3 nitrogen and oxygen atoms in total. The van der Waals surface area contributed by atoms with Crippen LogP contribution < -0.4 is 0 Å². The van der Waals surface area contributed by atoms with Gasteiger partial charge >= 0.3 is 99.4 Å². The van der Waals surface area contributed by atoms with E-state index >= 15 is 0 Å². The van der Waals surface area contributed by atoms with E-state index in [1.165, 1.54) is 0 Å². The predicted molar refractivity (Wildman–Crippen MR) is 50.0 cm³/mol. The van der Waals surface area contributed by atoms with Crippen LogP contribution in [0.2, 0.25) is 0 Å². The molecule has 0 aromatic heterocycles. The summed E-state index contributed by atoms with van der Waals surface area (Å²) in [5.74, 6) is -29.7. The van der Waals surface area contributed by atoms with Gasteiger partial charge in [0.1, 0.15) is 0 Å². The normalized spacial score (nSPS) is 30.2. The van der Waals surface area contributed by atoms with E-state index in [-0.39, 0.29) is 51.4 Å². The van der Waals surface area contributed by atoms with Crippen molar-refractivity contribution in [1.29, 1.82) is 0 Å². The van der Waals surface area contributed by atoms with E-state index in [4.69, 9.17) is 5.11 Å². The summed E-state index contributed by atoms with van der Waals surface area (Å²) in [5, 5.41) is 8.01. The van der Waals surface area contributed by atoms with E-state index in [1.54, 1.807) is 0 Å². The molecular weight excluding hydrogens is 468 g/mol. The van der Waals surface area contributed by atoms with Gasteiger partial charge in [-0.3, -0.25) is 9.47 Å². The molecule has 158 valence electrons. The van der Waals surface area contributed by atoms with Gasteiger partial charge in [0.05, 0.1) is 0 Å². The number of halogens is 15. The van der Waals surface area contributed by atoms with Crippen molar-refractivity contribution in [2.75, 3.05) is 0 Å². The fraction of sp³-hybridized carbons (Fsp3) is 1.00. The third-order valence-electron chi connectivity index (χ3n) is 2.86. The first-order valence-electron chi connectivity index (χ1n) is 5.37. The van der Waals surface area contributed by atoms with Crippen molar-refractivity contribution in [2.24, 2.45) is 0 Å². The molecule has 19 heteroatoms. The first-order chi connectivity index (χ1) is 10.9. The molecule has 27 heavy (non-hydrogen) atoms. The van der Waals surface area contributed by atoms with E-state index in [9.17, 15) is 65.9 Å². The van der Waals surface area contributed by atoms with E-state index in [2.05, 4.69) is 0 Å². The molecule has 2 unspecified atom stereocenters. The van der Waals surface area contributed by atoms with Gasteiger partial charge in [0.15, 0.2) is 0 Å². The summed E-state index contributed by atoms with van der Waals surface area (Å²) < 4.78 is 194. The molecule has 1 heterocycles. The molecule has 1 aliphatic rings. The zero-order valence-corrected chi connectivity index (χ0v) is 10.9. The number of rotatable bonds is 3. The van der Waals surface area contributed by atoms with Crippen LogP contribution in [0.25, 0.3) is 0 Å². The molecule has 0 aliphatic carbocycles. The third kappa shape index (κ3) is 3.59. The number of hydrogen-bond acceptors (Lipinski definition) is 3. The molecule has 1 rings (SSSR count). The Hall–Kier alpha value is 0.466. The molecule has 2 atom stereocenters. The second kappa shape index (κ2) is 6.74. The van der Waals surface area contributed by atoms with Crippen LogP contribution in [-0.4, -0.2) is 105 Å². The Labute approximate surface area is 179 Å². The quantitative estimate of drug-likeness (QED) is 0.509. The standard InChI is InChI=1S/C8HF15O3.K.H/c9-1(10,5(14,15)16)3(13)8(22,23)26-4(25-3,7(20,21)24)2(11,12)6(17,18)19;;/h24H;;. The van der Waals surface area contributed by atoms with Crippen LogP contribution in [0.3, 0.4) is 0 Å². The Bertz CT molecular complexity index is 565. The van der Waals surface area contributed by atoms with Crippen LogP contribution in [-0.2, 0) is 9.47 Å². The fourth-order valence-electron chi connectivity index (χ4n) is 1.58. The fourth-order valence-corrected chi connectivity index (χ4v) is 1.58. The molecule has 0 amide bonds. The van der Waals surface area contributed by atoms with Crippen LogP contribution in [0.5, 0.6) is 0 Å². The average molecular weight is 470 g/mol. The van der Waals surface area contributed by atoms with Crippen molar-refractivity contribution >= 4 is 51.4 Å². The zero-order chi connectivity index (χ0) is 21.4. The van der Waals surface area contributed by atoms with Crippen LogP contribution in [0, 0.1) is 0 Å². The Morgan fingerprint density at radius 1 is 0.593 bits per heavy atom. The van der Waals surface area contributed by atoms with Gasteiger partial charge < -0.3 is 5.11 Å². The summed E-state index contributed by atoms with van der Waals surface area (Å²) in [6.45, 7) is 0. The Kier molecular flexibility index (Phi) is 6.86. The molecule has 0 aromatic carbocycles. The van der Waals surface area contributed by atoms with Gasteiger partial charge in [-0.05, 0) is 0 Å². The first-order valence-corrected chi connectivity index (χ1v) is 5.37. The average Bonchev–Trinajstić information content (AvgIpc) is 2.56. The predicted octanol–water partition coefficient (Wildman–Crippen LogP) is 3.32. The van der Waals surface area contributed by atoms with Crippen LogP contribution in [0.4, 0.5) is 65.9 Å². The van der Waals surface area contributed by atoms with E-state index in [0.29, 0.717) is 0 Å². The van der Waals surface area contributed by atoms with Crippen molar-refractivity contribution in [3.63, 3.8) is 0 Å². The molecule has 1 saturated heterocycles. The van der Waals surface area contributed by atoms with Crippen molar-refractivity contribution < 1.29 is 80.4 Å². The van der Waals surface area contributed by atoms with Gasteiger partial charge in [-0.1, -0.05) is 0 Å². The number of aliphatic hydroxyl groups is 1. The molecule has 0 spiro atoms. The topological polar surface area (TPSA) is 38.7 Å². The monoisotopic (exact) mass is 470 g/mol. The van der Waals surface area contributed by atoms with Gasteiger partial charge in [0.2, 0.25) is 0 Å². The van der Waals surface area contributed by atoms with Crippen molar-refractivity contribution in [3.05, 3.63) is 0 Å². The van der Waals surface area contributed by atoms with E-state index in [1.807, 2.05) is 9.47 Å². The van der Waals surface area contributed by atoms with Gasteiger partial charge in [-0.2, -0.15) is 65.9 Å². The van der Waals surface area contributed by atoms with Crippen LogP contribution in [0.15, 0.2) is 0 Å². The van der Waals surface area contributed by atoms with Crippen molar-refractivity contribution in [3.8, 4) is 0 Å². The summed E-state index contributed by atoms with van der Waals surface area (Å²) in [7, 11) is 0. The molecule has 1 fully saturated rings. The second-order valence-electron chi connectivity index (χ2n) is 4.62. The minimum atomic E-state index is -7.65. The van der Waals surface area contributed by atoms with Gasteiger partial charge in [-0.15, -0.1) is 0 Å². The number of alkyl halides is 15. The molecule has 0 saturated carbocycles. The maximum absolute atomic E-state index is 13.6. The van der Waals surface area contributed by atoms with Crippen molar-refractivity contribution in [1.82, 2.24) is 0 Å². The third-order valence-corrected chi connectivity index (χ3v) is 2.86. The molecule has 0 bridgehead atoms.